The zero-order valence-corrected chi connectivity index (χ0v) is 10.1. The number of H-pyrrole nitrogens is 1. The van der Waals surface area contributed by atoms with Crippen LogP contribution in [0.5, 0.6) is 17.2 Å². The molecule has 0 aliphatic rings. The molecule has 1 heterocycles. The van der Waals surface area contributed by atoms with Gasteiger partial charge in [-0.05, 0) is 18.2 Å². The van der Waals surface area contributed by atoms with E-state index in [4.69, 9.17) is 4.74 Å². The van der Waals surface area contributed by atoms with Crippen molar-refractivity contribution in [2.75, 3.05) is 7.11 Å². The summed E-state index contributed by atoms with van der Waals surface area (Å²) in [5.41, 5.74) is 0.739. The monoisotopic (exact) mass is 257 g/mol. The summed E-state index contributed by atoms with van der Waals surface area (Å²) >= 11 is 0. The van der Waals surface area contributed by atoms with Gasteiger partial charge in [-0.25, -0.2) is 0 Å². The van der Waals surface area contributed by atoms with E-state index in [-0.39, 0.29) is 22.3 Å². The van der Waals surface area contributed by atoms with Crippen LogP contribution in [0.3, 0.4) is 0 Å². The van der Waals surface area contributed by atoms with Crippen molar-refractivity contribution < 1.29 is 14.9 Å². The molecule has 0 amide bonds. The number of nitrogens with one attached hydrogen (secondary N) is 1. The van der Waals surface area contributed by atoms with Crippen LogP contribution in [0.1, 0.15) is 0 Å². The number of rotatable bonds is 1. The highest BCUT2D eigenvalue weighted by molar-refractivity contribution is 5.96. The summed E-state index contributed by atoms with van der Waals surface area (Å²) < 4.78 is 5.05. The molecule has 0 saturated heterocycles. The predicted molar refractivity (Wildman–Crippen MR) is 72.0 cm³/mol. The number of methoxy groups -OCH3 is 1. The minimum Gasteiger partial charge on any atom is -0.508 e. The van der Waals surface area contributed by atoms with E-state index in [1.807, 2.05) is 0 Å². The quantitative estimate of drug-likeness (QED) is 0.583. The highest BCUT2D eigenvalue weighted by Gasteiger charge is 2.11. The van der Waals surface area contributed by atoms with Gasteiger partial charge >= 0.3 is 0 Å². The molecule has 0 bridgehead atoms. The summed E-state index contributed by atoms with van der Waals surface area (Å²) in [6.07, 6.45) is 0. The first-order chi connectivity index (χ1) is 9.10. The summed E-state index contributed by atoms with van der Waals surface area (Å²) in [6.45, 7) is 0. The molecule has 0 aliphatic carbocycles. The zero-order chi connectivity index (χ0) is 13.6. The normalized spacial score (nSPS) is 11.0. The van der Waals surface area contributed by atoms with E-state index in [1.54, 1.807) is 12.1 Å². The number of hydrogen-bond acceptors (Lipinski definition) is 4. The third-order valence-corrected chi connectivity index (χ3v) is 3.07. The highest BCUT2D eigenvalue weighted by atomic mass is 16.5. The molecular formula is C14H11NO4. The minimum absolute atomic E-state index is 0.00496. The van der Waals surface area contributed by atoms with Crippen LogP contribution >= 0.6 is 0 Å². The van der Waals surface area contributed by atoms with Gasteiger partial charge in [0.05, 0.1) is 23.5 Å². The van der Waals surface area contributed by atoms with Gasteiger partial charge in [0, 0.05) is 17.5 Å². The number of aromatic hydroxyl groups is 2. The first kappa shape index (κ1) is 11.4. The molecule has 0 spiro atoms. The van der Waals surface area contributed by atoms with Crippen molar-refractivity contribution in [1.29, 1.82) is 0 Å². The van der Waals surface area contributed by atoms with Gasteiger partial charge in [0.1, 0.15) is 17.2 Å². The number of phenols is 2. The molecule has 0 aliphatic heterocycles. The molecule has 19 heavy (non-hydrogen) atoms. The second-order valence-electron chi connectivity index (χ2n) is 4.25. The van der Waals surface area contributed by atoms with Crippen molar-refractivity contribution in [2.45, 2.75) is 0 Å². The lowest BCUT2D eigenvalue weighted by atomic mass is 10.1. The van der Waals surface area contributed by atoms with Crippen LogP contribution in [0.4, 0.5) is 0 Å². The molecule has 5 heteroatoms. The Kier molecular flexibility index (Phi) is 2.35. The first-order valence-corrected chi connectivity index (χ1v) is 5.66. The van der Waals surface area contributed by atoms with E-state index in [0.717, 1.165) is 0 Å². The molecule has 0 atom stereocenters. The Morgan fingerprint density at radius 1 is 1.11 bits per heavy atom. The Labute approximate surface area is 107 Å². The summed E-state index contributed by atoms with van der Waals surface area (Å²) in [5, 5.41) is 19.9. The van der Waals surface area contributed by atoms with Crippen molar-refractivity contribution >= 4 is 21.8 Å². The lowest BCUT2D eigenvalue weighted by Crippen LogP contribution is -2.04. The van der Waals surface area contributed by atoms with Crippen molar-refractivity contribution in [2.24, 2.45) is 0 Å². The molecule has 5 nitrogen and oxygen atoms in total. The van der Waals surface area contributed by atoms with Gasteiger partial charge in [-0.1, -0.05) is 0 Å². The third-order valence-electron chi connectivity index (χ3n) is 3.07. The summed E-state index contributed by atoms with van der Waals surface area (Å²) in [4.78, 5) is 15.4. The molecule has 1 aromatic heterocycles. The molecule has 0 fully saturated rings. The minimum atomic E-state index is -0.334. The van der Waals surface area contributed by atoms with E-state index in [0.29, 0.717) is 22.2 Å². The van der Waals surface area contributed by atoms with Crippen molar-refractivity contribution in [3.63, 3.8) is 0 Å². The Hall–Kier alpha value is -2.69. The molecule has 0 unspecified atom stereocenters. The number of ether oxygens (including phenoxy) is 1. The van der Waals surface area contributed by atoms with Crippen LogP contribution in [-0.2, 0) is 0 Å². The predicted octanol–water partition coefficient (Wildman–Crippen LogP) is 2.10. The van der Waals surface area contributed by atoms with E-state index < -0.39 is 0 Å². The Morgan fingerprint density at radius 2 is 1.89 bits per heavy atom. The lowest BCUT2D eigenvalue weighted by Gasteiger charge is -2.07. The average Bonchev–Trinajstić information content (AvgIpc) is 2.39. The molecule has 0 radical (unpaired) electrons. The van der Waals surface area contributed by atoms with Crippen LogP contribution in [0.15, 0.2) is 35.1 Å². The maximum atomic E-state index is 12.3. The maximum Gasteiger partial charge on any atom is 0.201 e. The standard InChI is InChI=1S/C14H11NO4/c1-19-8-5-11-13(12(17)6-8)14(18)9-4-7(16)2-3-10(9)15-11/h2-6,16-17H,1H3,(H,15,18). The van der Waals surface area contributed by atoms with Gasteiger partial charge in [-0.3, -0.25) is 4.79 Å². The van der Waals surface area contributed by atoms with Gasteiger partial charge in [0.15, 0.2) is 0 Å². The van der Waals surface area contributed by atoms with Crippen molar-refractivity contribution in [3.8, 4) is 17.2 Å². The van der Waals surface area contributed by atoms with E-state index in [9.17, 15) is 15.0 Å². The molecule has 3 aromatic rings. The van der Waals surface area contributed by atoms with Crippen molar-refractivity contribution in [1.82, 2.24) is 4.98 Å². The maximum absolute atomic E-state index is 12.3. The third kappa shape index (κ3) is 1.67. The van der Waals surface area contributed by atoms with Crippen molar-refractivity contribution in [3.05, 3.63) is 40.6 Å². The fourth-order valence-corrected chi connectivity index (χ4v) is 2.16. The van der Waals surface area contributed by atoms with Crippen LogP contribution in [0.25, 0.3) is 21.8 Å². The molecule has 3 N–H and O–H groups in total. The van der Waals surface area contributed by atoms with Crippen LogP contribution in [0, 0.1) is 0 Å². The van der Waals surface area contributed by atoms with Gasteiger partial charge in [0.25, 0.3) is 0 Å². The highest BCUT2D eigenvalue weighted by Crippen LogP contribution is 2.29. The number of aromatic amines is 1. The fraction of sp³-hybridized carbons (Fsp3) is 0.0714. The van der Waals surface area contributed by atoms with E-state index >= 15 is 0 Å². The molecule has 2 aromatic carbocycles. The van der Waals surface area contributed by atoms with Crippen LogP contribution in [0.2, 0.25) is 0 Å². The molecule has 3 rings (SSSR count). The van der Waals surface area contributed by atoms with Gasteiger partial charge in [-0.2, -0.15) is 0 Å². The summed E-state index contributed by atoms with van der Waals surface area (Å²) in [7, 11) is 1.48. The fourth-order valence-electron chi connectivity index (χ4n) is 2.16. The van der Waals surface area contributed by atoms with Gasteiger partial charge < -0.3 is 19.9 Å². The van der Waals surface area contributed by atoms with Gasteiger partial charge in [0.2, 0.25) is 5.43 Å². The smallest absolute Gasteiger partial charge is 0.201 e. The Bertz CT molecular complexity index is 851. The zero-order valence-electron chi connectivity index (χ0n) is 10.1. The topological polar surface area (TPSA) is 82.6 Å². The van der Waals surface area contributed by atoms with E-state index in [2.05, 4.69) is 4.98 Å². The first-order valence-electron chi connectivity index (χ1n) is 5.66. The molecule has 0 saturated carbocycles. The number of phenolic OH excluding ortho intramolecular Hbond substituents is 2. The lowest BCUT2D eigenvalue weighted by molar-refractivity contribution is 0.409. The molecular weight excluding hydrogens is 246 g/mol. The SMILES string of the molecule is COc1cc(O)c2c(=O)c3cc(O)ccc3[nH]c2c1. The Balaban J connectivity index is 2.54. The summed E-state index contributed by atoms with van der Waals surface area (Å²) in [5.74, 6) is 0.310. The van der Waals surface area contributed by atoms with E-state index in [1.165, 1.54) is 25.3 Å². The summed E-state index contributed by atoms with van der Waals surface area (Å²) in [6, 6.07) is 7.50. The number of pyridine rings is 1. The largest absolute Gasteiger partial charge is 0.508 e. The number of hydrogen-bond donors (Lipinski definition) is 3. The number of aromatic nitrogens is 1. The number of fused-ring (bicyclic) bond motifs is 2. The second-order valence-corrected chi connectivity index (χ2v) is 4.25. The second kappa shape index (κ2) is 3.91. The number of benzene rings is 2. The Morgan fingerprint density at radius 3 is 2.63 bits per heavy atom. The van der Waals surface area contributed by atoms with Crippen LogP contribution < -0.4 is 10.2 Å². The molecule has 96 valence electrons. The van der Waals surface area contributed by atoms with Gasteiger partial charge in [-0.15, -0.1) is 0 Å². The van der Waals surface area contributed by atoms with Crippen LogP contribution in [-0.4, -0.2) is 22.3 Å². The average molecular weight is 257 g/mol.